The van der Waals surface area contributed by atoms with Crippen molar-refractivity contribution in [1.82, 2.24) is 4.98 Å². The molecular weight excluding hydrogens is 328 g/mol. The van der Waals surface area contributed by atoms with Crippen LogP contribution in [0.2, 0.25) is 0 Å². The van der Waals surface area contributed by atoms with Crippen LogP contribution in [0.15, 0.2) is 71.6 Å². The van der Waals surface area contributed by atoms with Gasteiger partial charge in [0.05, 0.1) is 15.1 Å². The highest BCUT2D eigenvalue weighted by Crippen LogP contribution is 2.28. The number of fused-ring (bicyclic) bond motifs is 2. The highest BCUT2D eigenvalue weighted by atomic mass is 32.2. The average molecular weight is 340 g/mol. The molecule has 1 heterocycles. The molecule has 0 aliphatic rings. The van der Waals surface area contributed by atoms with Gasteiger partial charge in [-0.05, 0) is 35.0 Å². The van der Waals surface area contributed by atoms with Crippen LogP contribution in [0.1, 0.15) is 0 Å². The van der Waals surface area contributed by atoms with Gasteiger partial charge in [0.25, 0.3) is 10.0 Å². The van der Waals surface area contributed by atoms with E-state index in [0.29, 0.717) is 5.13 Å². The van der Waals surface area contributed by atoms with Crippen LogP contribution in [0.25, 0.3) is 21.0 Å². The number of hydrogen-bond acceptors (Lipinski definition) is 4. The van der Waals surface area contributed by atoms with Gasteiger partial charge in [-0.1, -0.05) is 53.8 Å². The van der Waals surface area contributed by atoms with Crippen molar-refractivity contribution in [3.05, 3.63) is 66.7 Å². The molecule has 1 N–H and O–H groups in total. The summed E-state index contributed by atoms with van der Waals surface area (Å²) in [5.74, 6) is 0. The Morgan fingerprint density at radius 3 is 2.43 bits per heavy atom. The number of anilines is 1. The minimum absolute atomic E-state index is 0.232. The van der Waals surface area contributed by atoms with Gasteiger partial charge < -0.3 is 0 Å². The van der Waals surface area contributed by atoms with E-state index >= 15 is 0 Å². The SMILES string of the molecule is O=S(=O)(Nc1nc2ccccc2s1)c1ccc2ccccc2c1. The molecule has 0 spiro atoms. The molecule has 0 bridgehead atoms. The summed E-state index contributed by atoms with van der Waals surface area (Å²) >= 11 is 1.32. The summed E-state index contributed by atoms with van der Waals surface area (Å²) in [6.07, 6.45) is 0. The van der Waals surface area contributed by atoms with Crippen molar-refractivity contribution in [3.63, 3.8) is 0 Å². The lowest BCUT2D eigenvalue weighted by Gasteiger charge is -2.06. The quantitative estimate of drug-likeness (QED) is 0.606. The molecule has 4 nitrogen and oxygen atoms in total. The molecule has 0 aliphatic heterocycles. The smallest absolute Gasteiger partial charge is 0.255 e. The lowest BCUT2D eigenvalue weighted by atomic mass is 10.1. The number of sulfonamides is 1. The van der Waals surface area contributed by atoms with E-state index in [0.717, 1.165) is 21.0 Å². The van der Waals surface area contributed by atoms with Crippen molar-refractivity contribution in [2.75, 3.05) is 4.72 Å². The molecule has 0 radical (unpaired) electrons. The molecule has 0 amide bonds. The molecule has 114 valence electrons. The number of hydrogen-bond donors (Lipinski definition) is 1. The van der Waals surface area contributed by atoms with Crippen LogP contribution in [-0.2, 0) is 10.0 Å². The van der Waals surface area contributed by atoms with Crippen LogP contribution in [0.3, 0.4) is 0 Å². The molecule has 4 rings (SSSR count). The Morgan fingerprint density at radius 1 is 0.870 bits per heavy atom. The first-order chi connectivity index (χ1) is 11.1. The van der Waals surface area contributed by atoms with Gasteiger partial charge in [-0.15, -0.1) is 0 Å². The summed E-state index contributed by atoms with van der Waals surface area (Å²) in [7, 11) is -3.65. The fourth-order valence-corrected chi connectivity index (χ4v) is 4.56. The molecule has 0 saturated carbocycles. The van der Waals surface area contributed by atoms with Crippen LogP contribution >= 0.6 is 11.3 Å². The number of nitrogens with zero attached hydrogens (tertiary/aromatic N) is 1. The van der Waals surface area contributed by atoms with Crippen LogP contribution < -0.4 is 4.72 Å². The summed E-state index contributed by atoms with van der Waals surface area (Å²) in [4.78, 5) is 4.55. The third-order valence-electron chi connectivity index (χ3n) is 3.55. The summed E-state index contributed by atoms with van der Waals surface area (Å²) in [6.45, 7) is 0. The standard InChI is InChI=1S/C17H12N2O2S2/c20-23(21,14-10-9-12-5-1-2-6-13(12)11-14)19-17-18-15-7-3-4-8-16(15)22-17/h1-11H,(H,18,19). The van der Waals surface area contributed by atoms with E-state index in [2.05, 4.69) is 9.71 Å². The lowest BCUT2D eigenvalue weighted by molar-refractivity contribution is 0.601. The number of aromatic nitrogens is 1. The predicted molar refractivity (Wildman–Crippen MR) is 94.4 cm³/mol. The third kappa shape index (κ3) is 2.67. The van der Waals surface area contributed by atoms with Gasteiger partial charge in [-0.25, -0.2) is 13.4 Å². The van der Waals surface area contributed by atoms with Gasteiger partial charge in [0, 0.05) is 0 Å². The second-order valence-electron chi connectivity index (χ2n) is 5.10. The number of benzene rings is 3. The van der Waals surface area contributed by atoms with Gasteiger partial charge >= 0.3 is 0 Å². The fourth-order valence-electron chi connectivity index (χ4n) is 2.42. The van der Waals surface area contributed by atoms with Crippen LogP contribution in [-0.4, -0.2) is 13.4 Å². The second kappa shape index (κ2) is 5.33. The van der Waals surface area contributed by atoms with Gasteiger partial charge in [-0.2, -0.15) is 0 Å². The molecule has 4 aromatic rings. The Labute approximate surface area is 137 Å². The average Bonchev–Trinajstić information content (AvgIpc) is 2.95. The van der Waals surface area contributed by atoms with E-state index in [1.807, 2.05) is 54.6 Å². The monoisotopic (exact) mass is 340 g/mol. The molecule has 0 saturated heterocycles. The van der Waals surface area contributed by atoms with Crippen molar-refractivity contribution >= 4 is 47.5 Å². The lowest BCUT2D eigenvalue weighted by Crippen LogP contribution is -2.12. The highest BCUT2D eigenvalue weighted by molar-refractivity contribution is 7.93. The number of nitrogens with one attached hydrogen (secondary N) is 1. The Hall–Kier alpha value is -2.44. The van der Waals surface area contributed by atoms with Crippen molar-refractivity contribution in [3.8, 4) is 0 Å². The van der Waals surface area contributed by atoms with Crippen LogP contribution in [0.5, 0.6) is 0 Å². The van der Waals surface area contributed by atoms with Gasteiger partial charge in [0.2, 0.25) is 0 Å². The normalized spacial score (nSPS) is 11.8. The highest BCUT2D eigenvalue weighted by Gasteiger charge is 2.16. The van der Waals surface area contributed by atoms with Gasteiger partial charge in [-0.3, -0.25) is 4.72 Å². The number of para-hydroxylation sites is 1. The molecule has 3 aromatic carbocycles. The Morgan fingerprint density at radius 2 is 1.61 bits per heavy atom. The topological polar surface area (TPSA) is 59.1 Å². The largest absolute Gasteiger partial charge is 0.263 e. The minimum atomic E-state index is -3.65. The zero-order valence-electron chi connectivity index (χ0n) is 11.9. The summed E-state index contributed by atoms with van der Waals surface area (Å²) in [5, 5.41) is 2.27. The Kier molecular flexibility index (Phi) is 3.28. The van der Waals surface area contributed by atoms with Crippen LogP contribution in [0, 0.1) is 0 Å². The zero-order valence-corrected chi connectivity index (χ0v) is 13.6. The summed E-state index contributed by atoms with van der Waals surface area (Å²) in [5.41, 5.74) is 0.786. The van der Waals surface area contributed by atoms with Crippen molar-refractivity contribution in [2.24, 2.45) is 0 Å². The maximum Gasteiger partial charge on any atom is 0.263 e. The van der Waals surface area contributed by atoms with E-state index < -0.39 is 10.0 Å². The first-order valence-corrected chi connectivity index (χ1v) is 9.29. The second-order valence-corrected chi connectivity index (χ2v) is 7.81. The van der Waals surface area contributed by atoms with Crippen molar-refractivity contribution in [1.29, 1.82) is 0 Å². The maximum atomic E-state index is 12.6. The molecule has 0 atom stereocenters. The molecule has 6 heteroatoms. The molecule has 0 aliphatic carbocycles. The van der Waals surface area contributed by atoms with E-state index in [1.165, 1.54) is 11.3 Å². The van der Waals surface area contributed by atoms with E-state index in [9.17, 15) is 8.42 Å². The Balaban J connectivity index is 1.73. The van der Waals surface area contributed by atoms with Crippen molar-refractivity contribution in [2.45, 2.75) is 4.90 Å². The minimum Gasteiger partial charge on any atom is -0.255 e. The molecule has 1 aromatic heterocycles. The maximum absolute atomic E-state index is 12.6. The number of thiazole rings is 1. The third-order valence-corrected chi connectivity index (χ3v) is 5.96. The first-order valence-electron chi connectivity index (χ1n) is 6.99. The van der Waals surface area contributed by atoms with E-state index in [1.54, 1.807) is 12.1 Å². The zero-order chi connectivity index (χ0) is 15.9. The van der Waals surface area contributed by atoms with Crippen molar-refractivity contribution < 1.29 is 8.42 Å². The fraction of sp³-hybridized carbons (Fsp3) is 0. The van der Waals surface area contributed by atoms with Gasteiger partial charge in [0.1, 0.15) is 0 Å². The van der Waals surface area contributed by atoms with E-state index in [-0.39, 0.29) is 4.90 Å². The summed E-state index contributed by atoms with van der Waals surface area (Å²) < 4.78 is 28.7. The molecule has 0 unspecified atom stereocenters. The summed E-state index contributed by atoms with van der Waals surface area (Å²) in [6, 6.07) is 20.3. The molecular formula is C17H12N2O2S2. The molecule has 0 fully saturated rings. The Bertz CT molecular complexity index is 1080. The number of rotatable bonds is 3. The first kappa shape index (κ1) is 14.2. The molecule has 23 heavy (non-hydrogen) atoms. The van der Waals surface area contributed by atoms with E-state index in [4.69, 9.17) is 0 Å². The van der Waals surface area contributed by atoms with Crippen LogP contribution in [0.4, 0.5) is 5.13 Å². The predicted octanol–water partition coefficient (Wildman–Crippen LogP) is 4.25. The van der Waals surface area contributed by atoms with Gasteiger partial charge in [0.15, 0.2) is 5.13 Å².